The summed E-state index contributed by atoms with van der Waals surface area (Å²) in [5.74, 6) is 0.793. The molecule has 0 saturated heterocycles. The Bertz CT molecular complexity index is 1310. The number of methoxy groups -OCH3 is 1. The molecule has 152 valence electrons. The van der Waals surface area contributed by atoms with Crippen molar-refractivity contribution in [2.75, 3.05) is 13.7 Å². The van der Waals surface area contributed by atoms with Crippen molar-refractivity contribution in [1.82, 2.24) is 9.66 Å². The molecule has 1 N–H and O–H groups in total. The van der Waals surface area contributed by atoms with Gasteiger partial charge in [0.05, 0.1) is 25.6 Å². The highest BCUT2D eigenvalue weighted by atomic mass is 79.9. The molecule has 7 heteroatoms. The van der Waals surface area contributed by atoms with Crippen LogP contribution in [-0.2, 0) is 0 Å². The Labute approximate surface area is 187 Å². The molecule has 0 aliphatic rings. The fraction of sp³-hybridized carbons (Fsp3) is 0.130. The molecule has 4 aromatic rings. The van der Waals surface area contributed by atoms with E-state index in [1.807, 2.05) is 60.4 Å². The Balaban J connectivity index is 1.85. The van der Waals surface area contributed by atoms with Crippen LogP contribution in [0.1, 0.15) is 12.5 Å². The van der Waals surface area contributed by atoms with E-state index in [2.05, 4.69) is 38.9 Å². The summed E-state index contributed by atoms with van der Waals surface area (Å²) in [5, 5.41) is 7.96. The fourth-order valence-corrected chi connectivity index (χ4v) is 4.29. The summed E-state index contributed by atoms with van der Waals surface area (Å²) in [6.45, 7) is 6.48. The third-order valence-electron chi connectivity index (χ3n) is 4.54. The molecular weight excluding hydrogens is 460 g/mol. The van der Waals surface area contributed by atoms with Gasteiger partial charge in [-0.3, -0.25) is 4.99 Å². The van der Waals surface area contributed by atoms with Gasteiger partial charge in [-0.05, 0) is 37.3 Å². The molecule has 0 spiro atoms. The minimum Gasteiger partial charge on any atom is -0.496 e. The molecule has 2 heterocycles. The average Bonchev–Trinajstić information content (AvgIpc) is 3.33. The normalized spacial score (nSPS) is 12.2. The van der Waals surface area contributed by atoms with E-state index in [0.29, 0.717) is 6.54 Å². The monoisotopic (exact) mass is 480 g/mol. The lowest BCUT2D eigenvalue weighted by Gasteiger charge is -2.08. The van der Waals surface area contributed by atoms with E-state index in [1.54, 1.807) is 18.4 Å². The van der Waals surface area contributed by atoms with Gasteiger partial charge < -0.3 is 9.72 Å². The number of nitrogens with zero attached hydrogens (tertiary/aromatic N) is 3. The van der Waals surface area contributed by atoms with Crippen LogP contribution in [0.3, 0.4) is 0 Å². The zero-order valence-corrected chi connectivity index (χ0v) is 19.1. The Hall–Kier alpha value is -2.90. The molecule has 5 nitrogen and oxygen atoms in total. The van der Waals surface area contributed by atoms with Crippen LogP contribution >= 0.6 is 27.3 Å². The summed E-state index contributed by atoms with van der Waals surface area (Å²) in [4.78, 5) is 8.79. The molecule has 0 aliphatic carbocycles. The number of fused-ring (bicyclic) bond motifs is 1. The molecule has 0 radical (unpaired) electrons. The molecule has 0 unspecified atom stereocenters. The quantitative estimate of drug-likeness (QED) is 0.274. The first-order chi connectivity index (χ1) is 14.6. The van der Waals surface area contributed by atoms with Crippen molar-refractivity contribution >= 4 is 44.4 Å². The summed E-state index contributed by atoms with van der Waals surface area (Å²) in [6.07, 6.45) is 3.82. The number of H-pyrrole nitrogens is 1. The summed E-state index contributed by atoms with van der Waals surface area (Å²) in [7, 11) is 1.68. The van der Waals surface area contributed by atoms with Crippen LogP contribution in [-0.4, -0.2) is 29.5 Å². The van der Waals surface area contributed by atoms with Gasteiger partial charge in [-0.25, -0.2) is 4.68 Å². The fourth-order valence-electron chi connectivity index (χ4n) is 3.10. The lowest BCUT2D eigenvalue weighted by molar-refractivity contribution is 0.416. The van der Waals surface area contributed by atoms with Crippen LogP contribution in [0.2, 0.25) is 0 Å². The summed E-state index contributed by atoms with van der Waals surface area (Å²) in [6, 6.07) is 14.1. The minimum absolute atomic E-state index is 0.557. The molecule has 0 bridgehead atoms. The van der Waals surface area contributed by atoms with Gasteiger partial charge in [0.1, 0.15) is 5.75 Å². The minimum atomic E-state index is 0.557. The van der Waals surface area contributed by atoms with Gasteiger partial charge in [-0.2, -0.15) is 5.10 Å². The van der Waals surface area contributed by atoms with Crippen molar-refractivity contribution in [3.8, 4) is 17.0 Å². The Morgan fingerprint density at radius 1 is 1.30 bits per heavy atom. The van der Waals surface area contributed by atoms with Gasteiger partial charge in [0.15, 0.2) is 0 Å². The topological polar surface area (TPSA) is 54.7 Å². The lowest BCUT2D eigenvalue weighted by Crippen LogP contribution is -2.13. The van der Waals surface area contributed by atoms with E-state index < -0.39 is 0 Å². The third kappa shape index (κ3) is 4.17. The molecule has 0 saturated carbocycles. The van der Waals surface area contributed by atoms with Gasteiger partial charge in [-0.15, -0.1) is 11.3 Å². The number of rotatable bonds is 6. The predicted octanol–water partition coefficient (Wildman–Crippen LogP) is 5.83. The molecule has 2 aromatic heterocycles. The smallest absolute Gasteiger partial charge is 0.206 e. The van der Waals surface area contributed by atoms with E-state index in [9.17, 15) is 0 Å². The maximum Gasteiger partial charge on any atom is 0.206 e. The summed E-state index contributed by atoms with van der Waals surface area (Å²) < 4.78 is 8.46. The molecule has 2 aromatic carbocycles. The van der Waals surface area contributed by atoms with Gasteiger partial charge in [0, 0.05) is 38.1 Å². The average molecular weight is 481 g/mol. The number of thiazole rings is 1. The molecule has 0 aliphatic heterocycles. The molecule has 30 heavy (non-hydrogen) atoms. The first-order valence-corrected chi connectivity index (χ1v) is 11.0. The van der Waals surface area contributed by atoms with Crippen molar-refractivity contribution in [3.63, 3.8) is 0 Å². The van der Waals surface area contributed by atoms with Gasteiger partial charge in [-0.1, -0.05) is 40.2 Å². The highest BCUT2D eigenvalue weighted by Gasteiger charge is 2.12. The Kier molecular flexibility index (Phi) is 6.01. The van der Waals surface area contributed by atoms with Crippen LogP contribution < -0.4 is 9.54 Å². The van der Waals surface area contributed by atoms with E-state index in [0.717, 1.165) is 48.3 Å². The number of ether oxygens (including phenoxy) is 1. The second-order valence-corrected chi connectivity index (χ2v) is 8.62. The van der Waals surface area contributed by atoms with Gasteiger partial charge >= 0.3 is 0 Å². The van der Waals surface area contributed by atoms with Crippen LogP contribution in [0.15, 0.2) is 80.8 Å². The van der Waals surface area contributed by atoms with Crippen LogP contribution in [0.4, 0.5) is 0 Å². The number of aromatic amines is 1. The Morgan fingerprint density at radius 3 is 2.93 bits per heavy atom. The largest absolute Gasteiger partial charge is 0.496 e. The lowest BCUT2D eigenvalue weighted by atomic mass is 10.1. The predicted molar refractivity (Wildman–Crippen MR) is 129 cm³/mol. The van der Waals surface area contributed by atoms with E-state index in [1.165, 1.54) is 0 Å². The number of aromatic nitrogens is 2. The summed E-state index contributed by atoms with van der Waals surface area (Å²) in [5.41, 5.74) is 4.95. The SMILES string of the molecule is C=C(C)CN=c1scc(-c2ccccc2OC)n1N=Cc1c[nH]c2ccc(Br)cc12. The molecule has 0 amide bonds. The van der Waals surface area contributed by atoms with E-state index in [-0.39, 0.29) is 0 Å². The van der Waals surface area contributed by atoms with E-state index >= 15 is 0 Å². The number of halogens is 1. The maximum atomic E-state index is 5.57. The number of hydrogen-bond donors (Lipinski definition) is 1. The van der Waals surface area contributed by atoms with Crippen molar-refractivity contribution in [2.45, 2.75) is 6.92 Å². The molecule has 0 atom stereocenters. The highest BCUT2D eigenvalue weighted by Crippen LogP contribution is 2.30. The van der Waals surface area contributed by atoms with Crippen molar-refractivity contribution in [1.29, 1.82) is 0 Å². The van der Waals surface area contributed by atoms with Crippen molar-refractivity contribution < 1.29 is 4.74 Å². The molecule has 0 fully saturated rings. The number of benzene rings is 2. The second-order valence-electron chi connectivity index (χ2n) is 6.87. The molecular formula is C23H21BrN4OS. The zero-order valence-electron chi connectivity index (χ0n) is 16.7. The number of para-hydroxylation sites is 1. The third-order valence-corrected chi connectivity index (χ3v) is 5.89. The maximum absolute atomic E-state index is 5.57. The summed E-state index contributed by atoms with van der Waals surface area (Å²) >= 11 is 5.09. The highest BCUT2D eigenvalue weighted by molar-refractivity contribution is 9.10. The molecule has 4 rings (SSSR count). The standard InChI is InChI=1S/C23H21BrN4OS/c1-15(2)11-26-23-28(21(14-30-23)18-6-4-5-7-22(18)29-3)27-13-16-12-25-20-9-8-17(24)10-19(16)20/h4-10,12-14,25H,1,11H2,2-3H3. The second kappa shape index (κ2) is 8.85. The first kappa shape index (κ1) is 20.4. The van der Waals surface area contributed by atoms with Crippen LogP contribution in [0.5, 0.6) is 5.75 Å². The van der Waals surface area contributed by atoms with Crippen LogP contribution in [0.25, 0.3) is 22.2 Å². The van der Waals surface area contributed by atoms with Crippen LogP contribution in [0, 0.1) is 0 Å². The van der Waals surface area contributed by atoms with Gasteiger partial charge in [0.25, 0.3) is 0 Å². The zero-order chi connectivity index (χ0) is 21.1. The van der Waals surface area contributed by atoms with Crippen molar-refractivity contribution in [3.05, 3.63) is 81.0 Å². The van der Waals surface area contributed by atoms with Crippen molar-refractivity contribution in [2.24, 2.45) is 10.1 Å². The van der Waals surface area contributed by atoms with Gasteiger partial charge in [0.2, 0.25) is 4.80 Å². The Morgan fingerprint density at radius 2 is 2.13 bits per heavy atom. The van der Waals surface area contributed by atoms with E-state index in [4.69, 9.17) is 14.8 Å². The number of nitrogens with one attached hydrogen (secondary N) is 1. The number of hydrogen-bond acceptors (Lipinski definition) is 4. The first-order valence-electron chi connectivity index (χ1n) is 9.36.